The van der Waals surface area contributed by atoms with Gasteiger partial charge in [-0.15, -0.1) is 5.10 Å². The van der Waals surface area contributed by atoms with Crippen molar-refractivity contribution in [1.82, 2.24) is 20.2 Å². The normalized spacial score (nSPS) is 8.12. The Labute approximate surface area is 74.3 Å². The molecule has 6 heteroatoms. The number of tetrazole rings is 1. The van der Waals surface area contributed by atoms with E-state index in [9.17, 15) is 0 Å². The second-order valence-corrected chi connectivity index (χ2v) is 1.45. The molecule has 0 aliphatic carbocycles. The molecule has 38 valence electrons. The summed E-state index contributed by atoms with van der Waals surface area (Å²) >= 11 is 4.61. The Bertz CT molecular complexity index is 146. The third kappa shape index (κ3) is 1.66. The molecule has 0 aromatic carbocycles. The molecule has 1 aromatic heterocycles. The Morgan fingerprint density at radius 1 is 1.62 bits per heavy atom. The monoisotopic (exact) mass is 138 g/mol. The summed E-state index contributed by atoms with van der Waals surface area (Å²) < 4.78 is 1.43. The summed E-state index contributed by atoms with van der Waals surface area (Å²) in [4.78, 5) is 0. The van der Waals surface area contributed by atoms with Crippen LogP contribution in [0.25, 0.3) is 0 Å². The standard InChI is InChI=1S/C2H4N4S.Na/c1-6-2(7)3-4-5-6;/h1H3,(H,3,5,7);/q;+1/p-1. The van der Waals surface area contributed by atoms with Gasteiger partial charge in [0.2, 0.25) is 0 Å². The number of hydrogen-bond acceptors (Lipinski definition) is 4. The van der Waals surface area contributed by atoms with Crippen LogP contribution in [0.2, 0.25) is 0 Å². The van der Waals surface area contributed by atoms with Gasteiger partial charge in [-0.3, -0.25) is 4.68 Å². The molecule has 0 spiro atoms. The van der Waals surface area contributed by atoms with Gasteiger partial charge in [-0.2, -0.15) is 0 Å². The fourth-order valence-corrected chi connectivity index (χ4v) is 0.294. The average Bonchev–Trinajstić information content (AvgIpc) is 1.91. The largest absolute Gasteiger partial charge is 1.00 e. The van der Waals surface area contributed by atoms with Crippen LogP contribution in [-0.2, 0) is 19.7 Å². The van der Waals surface area contributed by atoms with E-state index < -0.39 is 0 Å². The average molecular weight is 138 g/mol. The Morgan fingerprint density at radius 3 is 2.38 bits per heavy atom. The molecule has 0 saturated heterocycles. The summed E-state index contributed by atoms with van der Waals surface area (Å²) in [6, 6.07) is 0. The van der Waals surface area contributed by atoms with E-state index >= 15 is 0 Å². The van der Waals surface area contributed by atoms with Gasteiger partial charge < -0.3 is 12.6 Å². The van der Waals surface area contributed by atoms with E-state index in [1.165, 1.54) is 4.68 Å². The predicted octanol–water partition coefficient (Wildman–Crippen LogP) is -3.88. The molecule has 1 aromatic rings. The zero-order valence-electron chi connectivity index (χ0n) is 4.70. The predicted molar refractivity (Wildman–Crippen MR) is 24.4 cm³/mol. The van der Waals surface area contributed by atoms with Gasteiger partial charge in [0.25, 0.3) is 0 Å². The molecule has 4 nitrogen and oxygen atoms in total. The minimum Gasteiger partial charge on any atom is -0.739 e. The second-order valence-electron chi connectivity index (χ2n) is 1.09. The van der Waals surface area contributed by atoms with Gasteiger partial charge in [-0.05, 0) is 10.4 Å². The van der Waals surface area contributed by atoms with Crippen molar-refractivity contribution >= 4 is 12.6 Å². The van der Waals surface area contributed by atoms with Crippen molar-refractivity contribution in [3.05, 3.63) is 0 Å². The van der Waals surface area contributed by atoms with Crippen molar-refractivity contribution in [3.63, 3.8) is 0 Å². The molecule has 0 saturated carbocycles. The van der Waals surface area contributed by atoms with Crippen LogP contribution >= 0.6 is 0 Å². The fraction of sp³-hybridized carbons (Fsp3) is 0.500. The topological polar surface area (TPSA) is 43.6 Å². The van der Waals surface area contributed by atoms with Crippen LogP contribution in [0, 0.1) is 0 Å². The van der Waals surface area contributed by atoms with E-state index in [0.717, 1.165) is 0 Å². The summed E-state index contributed by atoms with van der Waals surface area (Å²) in [5, 5.41) is 10.6. The number of nitrogens with zero attached hydrogens (tertiary/aromatic N) is 4. The number of rotatable bonds is 0. The van der Waals surface area contributed by atoms with Gasteiger partial charge in [0, 0.05) is 12.2 Å². The molecule has 0 N–H and O–H groups in total. The van der Waals surface area contributed by atoms with E-state index in [1.807, 2.05) is 0 Å². The quantitative estimate of drug-likeness (QED) is 0.272. The minimum absolute atomic E-state index is 0. The zero-order chi connectivity index (χ0) is 5.28. The van der Waals surface area contributed by atoms with Crippen molar-refractivity contribution in [1.29, 1.82) is 0 Å². The van der Waals surface area contributed by atoms with Gasteiger partial charge in [-0.25, -0.2) is 0 Å². The van der Waals surface area contributed by atoms with Gasteiger partial charge in [-0.1, -0.05) is 0 Å². The maximum atomic E-state index is 4.61. The maximum Gasteiger partial charge on any atom is 1.00 e. The summed E-state index contributed by atoms with van der Waals surface area (Å²) in [5.41, 5.74) is 0. The summed E-state index contributed by atoms with van der Waals surface area (Å²) in [7, 11) is 1.70. The summed E-state index contributed by atoms with van der Waals surface area (Å²) in [6.45, 7) is 0. The minimum atomic E-state index is 0. The van der Waals surface area contributed by atoms with Gasteiger partial charge in [0.15, 0.2) is 0 Å². The van der Waals surface area contributed by atoms with Crippen molar-refractivity contribution in [2.24, 2.45) is 7.05 Å². The molecule has 8 heavy (non-hydrogen) atoms. The van der Waals surface area contributed by atoms with Gasteiger partial charge in [0.05, 0.1) is 0 Å². The Hall–Kier alpha value is 0.290. The summed E-state index contributed by atoms with van der Waals surface area (Å²) in [6.07, 6.45) is 0. The number of hydrogen-bond donors (Lipinski definition) is 0. The van der Waals surface area contributed by atoms with Crippen LogP contribution in [0.1, 0.15) is 0 Å². The van der Waals surface area contributed by atoms with Crippen molar-refractivity contribution in [3.8, 4) is 0 Å². The molecule has 0 aliphatic rings. The first kappa shape index (κ1) is 8.29. The van der Waals surface area contributed by atoms with Crippen LogP contribution < -0.4 is 29.6 Å². The van der Waals surface area contributed by atoms with Crippen molar-refractivity contribution in [2.45, 2.75) is 5.16 Å². The van der Waals surface area contributed by atoms with Gasteiger partial charge in [0.1, 0.15) is 0 Å². The molecular formula is C2H3N4NaS. The first-order valence-electron chi connectivity index (χ1n) is 1.70. The van der Waals surface area contributed by atoms with Crippen LogP contribution in [0.3, 0.4) is 0 Å². The molecule has 0 unspecified atom stereocenters. The molecule has 1 heterocycles. The van der Waals surface area contributed by atoms with E-state index in [1.54, 1.807) is 7.05 Å². The summed E-state index contributed by atoms with van der Waals surface area (Å²) in [5.74, 6) is 0. The SMILES string of the molecule is Cn1nnnc1[S-].[Na+]. The molecule has 0 aliphatic heterocycles. The molecule has 1 rings (SSSR count). The molecule has 0 amide bonds. The second kappa shape index (κ2) is 3.34. The maximum absolute atomic E-state index is 4.61. The Kier molecular flexibility index (Phi) is 3.46. The molecule has 0 radical (unpaired) electrons. The van der Waals surface area contributed by atoms with Gasteiger partial charge >= 0.3 is 29.6 Å². The van der Waals surface area contributed by atoms with E-state index in [-0.39, 0.29) is 29.6 Å². The van der Waals surface area contributed by atoms with E-state index in [0.29, 0.717) is 5.16 Å². The Balaban J connectivity index is 0.000000490. The first-order chi connectivity index (χ1) is 3.30. The molecule has 0 fully saturated rings. The molecular weight excluding hydrogens is 135 g/mol. The Morgan fingerprint density at radius 2 is 2.25 bits per heavy atom. The van der Waals surface area contributed by atoms with Crippen molar-refractivity contribution < 1.29 is 29.6 Å². The van der Waals surface area contributed by atoms with Crippen LogP contribution in [0.5, 0.6) is 0 Å². The fourth-order valence-electron chi connectivity index (χ4n) is 0.221. The third-order valence-corrected chi connectivity index (χ3v) is 0.927. The van der Waals surface area contributed by atoms with Crippen LogP contribution in [0.4, 0.5) is 0 Å². The van der Waals surface area contributed by atoms with Crippen LogP contribution in [0.15, 0.2) is 5.16 Å². The third-order valence-electron chi connectivity index (χ3n) is 0.581. The number of aryl methyl sites for hydroxylation is 1. The molecule has 0 atom stereocenters. The first-order valence-corrected chi connectivity index (χ1v) is 2.11. The van der Waals surface area contributed by atoms with E-state index in [4.69, 9.17) is 0 Å². The van der Waals surface area contributed by atoms with Crippen molar-refractivity contribution in [2.75, 3.05) is 0 Å². The molecule has 0 bridgehead atoms. The van der Waals surface area contributed by atoms with Crippen LogP contribution in [-0.4, -0.2) is 20.2 Å². The van der Waals surface area contributed by atoms with E-state index in [2.05, 4.69) is 28.2 Å². The number of aromatic nitrogens is 4. The zero-order valence-corrected chi connectivity index (χ0v) is 7.51. The smallest absolute Gasteiger partial charge is 0.739 e.